The van der Waals surface area contributed by atoms with E-state index in [0.717, 1.165) is 17.2 Å². The van der Waals surface area contributed by atoms with Crippen LogP contribution in [0.1, 0.15) is 17.5 Å². The number of pyridine rings is 1. The minimum absolute atomic E-state index is 0.900. The summed E-state index contributed by atoms with van der Waals surface area (Å²) in [5.41, 5.74) is 2.64. The van der Waals surface area contributed by atoms with Gasteiger partial charge in [-0.2, -0.15) is 0 Å². The second-order valence-electron chi connectivity index (χ2n) is 4.76. The van der Waals surface area contributed by atoms with Crippen LogP contribution in [0, 0.1) is 18.8 Å². The highest BCUT2D eigenvalue weighted by molar-refractivity contribution is 9.08. The number of fused-ring (bicyclic) bond motifs is 1. The van der Waals surface area contributed by atoms with E-state index in [1.54, 1.807) is 0 Å². The average molecular weight is 267 g/mol. The molecule has 1 aliphatic carbocycles. The van der Waals surface area contributed by atoms with Crippen LogP contribution in [0.25, 0.3) is 0 Å². The van der Waals surface area contributed by atoms with Gasteiger partial charge in [-0.05, 0) is 42.4 Å². The van der Waals surface area contributed by atoms with Gasteiger partial charge in [0.15, 0.2) is 0 Å². The first-order valence-corrected chi connectivity index (χ1v) is 6.66. The molecule has 2 unspecified atom stereocenters. The van der Waals surface area contributed by atoms with Gasteiger partial charge in [-0.1, -0.05) is 15.9 Å². The molecule has 80 valence electrons. The largest absolute Gasteiger partial charge is 0.356 e. The number of halogens is 1. The molecular formula is C12H15BrN2. The molecule has 0 bridgehead atoms. The Morgan fingerprint density at radius 1 is 1.47 bits per heavy atom. The lowest BCUT2D eigenvalue weighted by Crippen LogP contribution is -2.22. The van der Waals surface area contributed by atoms with Gasteiger partial charge in [0.05, 0.1) is 0 Å². The molecule has 1 aromatic rings. The molecule has 0 spiro atoms. The van der Waals surface area contributed by atoms with Crippen LogP contribution in [0.5, 0.6) is 0 Å². The van der Waals surface area contributed by atoms with E-state index in [4.69, 9.17) is 0 Å². The molecule has 0 N–H and O–H groups in total. The summed E-state index contributed by atoms with van der Waals surface area (Å²) >= 11 is 3.48. The zero-order valence-electron chi connectivity index (χ0n) is 8.91. The summed E-state index contributed by atoms with van der Waals surface area (Å²) in [5.74, 6) is 3.12. The molecule has 2 nitrogen and oxygen atoms in total. The third-order valence-corrected chi connectivity index (χ3v) is 4.26. The van der Waals surface area contributed by atoms with Crippen molar-refractivity contribution in [3.63, 3.8) is 0 Å². The van der Waals surface area contributed by atoms with Gasteiger partial charge in [-0.15, -0.1) is 0 Å². The molecule has 3 rings (SSSR count). The molecule has 2 fully saturated rings. The second-order valence-corrected chi connectivity index (χ2v) is 5.32. The molecule has 1 aromatic heterocycles. The van der Waals surface area contributed by atoms with Gasteiger partial charge in [0.1, 0.15) is 5.82 Å². The van der Waals surface area contributed by atoms with Crippen molar-refractivity contribution in [2.75, 3.05) is 18.0 Å². The van der Waals surface area contributed by atoms with Crippen molar-refractivity contribution in [2.45, 2.75) is 18.7 Å². The van der Waals surface area contributed by atoms with E-state index < -0.39 is 0 Å². The SMILES string of the molecule is Cc1cc(N2CC3CC3C2)ncc1CBr. The highest BCUT2D eigenvalue weighted by Gasteiger charge is 2.45. The quantitative estimate of drug-likeness (QED) is 0.766. The van der Waals surface area contributed by atoms with E-state index in [2.05, 4.69) is 38.8 Å². The van der Waals surface area contributed by atoms with Crippen LogP contribution in [0.4, 0.5) is 5.82 Å². The number of aryl methyl sites for hydroxylation is 1. The summed E-state index contributed by atoms with van der Waals surface area (Å²) in [7, 11) is 0. The second kappa shape index (κ2) is 3.48. The Balaban J connectivity index is 1.83. The van der Waals surface area contributed by atoms with E-state index in [1.807, 2.05) is 6.20 Å². The Hall–Kier alpha value is -0.570. The Kier molecular flexibility index (Phi) is 2.23. The minimum atomic E-state index is 0.900. The summed E-state index contributed by atoms with van der Waals surface area (Å²) in [6.07, 6.45) is 3.46. The zero-order chi connectivity index (χ0) is 10.4. The fourth-order valence-corrected chi connectivity index (χ4v) is 3.05. The predicted octanol–water partition coefficient (Wildman–Crippen LogP) is 2.74. The Bertz CT molecular complexity index is 381. The Labute approximate surface area is 98.8 Å². The van der Waals surface area contributed by atoms with Gasteiger partial charge < -0.3 is 4.90 Å². The number of anilines is 1. The molecule has 3 heteroatoms. The van der Waals surface area contributed by atoms with E-state index in [0.29, 0.717) is 0 Å². The topological polar surface area (TPSA) is 16.1 Å². The maximum atomic E-state index is 4.54. The molecule has 2 heterocycles. The van der Waals surface area contributed by atoms with Gasteiger partial charge in [0.25, 0.3) is 0 Å². The smallest absolute Gasteiger partial charge is 0.128 e. The van der Waals surface area contributed by atoms with Crippen LogP contribution < -0.4 is 4.90 Å². The lowest BCUT2D eigenvalue weighted by Gasteiger charge is -2.19. The van der Waals surface area contributed by atoms with Gasteiger partial charge >= 0.3 is 0 Å². The number of alkyl halides is 1. The van der Waals surface area contributed by atoms with Crippen molar-refractivity contribution in [1.82, 2.24) is 4.98 Å². The number of aromatic nitrogens is 1. The highest BCUT2D eigenvalue weighted by atomic mass is 79.9. The first kappa shape index (κ1) is 9.64. The normalized spacial score (nSPS) is 28.0. The fraction of sp³-hybridized carbons (Fsp3) is 0.583. The lowest BCUT2D eigenvalue weighted by atomic mass is 10.2. The molecule has 0 amide bonds. The van der Waals surface area contributed by atoms with Crippen LogP contribution in [0.2, 0.25) is 0 Å². The van der Waals surface area contributed by atoms with Crippen LogP contribution in [0.15, 0.2) is 12.3 Å². The third kappa shape index (κ3) is 1.67. The van der Waals surface area contributed by atoms with Crippen LogP contribution in [-0.2, 0) is 5.33 Å². The first-order valence-electron chi connectivity index (χ1n) is 5.54. The highest BCUT2D eigenvalue weighted by Crippen LogP contribution is 2.45. The molecule has 2 aliphatic rings. The summed E-state index contributed by atoms with van der Waals surface area (Å²) in [6.45, 7) is 4.62. The minimum Gasteiger partial charge on any atom is -0.356 e. The molecule has 1 saturated heterocycles. The molecule has 1 aliphatic heterocycles. The summed E-state index contributed by atoms with van der Waals surface area (Å²) in [6, 6.07) is 2.22. The van der Waals surface area contributed by atoms with Crippen molar-refractivity contribution in [3.05, 3.63) is 23.4 Å². The predicted molar refractivity (Wildman–Crippen MR) is 65.4 cm³/mol. The lowest BCUT2D eigenvalue weighted by molar-refractivity contribution is 0.804. The third-order valence-electron chi connectivity index (χ3n) is 3.65. The van der Waals surface area contributed by atoms with Gasteiger partial charge in [0.2, 0.25) is 0 Å². The maximum absolute atomic E-state index is 4.54. The number of piperidine rings is 1. The number of rotatable bonds is 2. The van der Waals surface area contributed by atoms with E-state index >= 15 is 0 Å². The molecule has 0 radical (unpaired) electrons. The average Bonchev–Trinajstić information content (AvgIpc) is 2.86. The Morgan fingerprint density at radius 3 is 2.80 bits per heavy atom. The molecule has 0 aromatic carbocycles. The van der Waals surface area contributed by atoms with Gasteiger partial charge in [-0.3, -0.25) is 0 Å². The van der Waals surface area contributed by atoms with Crippen molar-refractivity contribution in [1.29, 1.82) is 0 Å². The summed E-state index contributed by atoms with van der Waals surface area (Å²) in [5, 5.41) is 0.900. The molecule has 15 heavy (non-hydrogen) atoms. The maximum Gasteiger partial charge on any atom is 0.128 e. The molecule has 2 atom stereocenters. The van der Waals surface area contributed by atoms with Crippen LogP contribution >= 0.6 is 15.9 Å². The van der Waals surface area contributed by atoms with Crippen molar-refractivity contribution < 1.29 is 0 Å². The monoisotopic (exact) mass is 266 g/mol. The van der Waals surface area contributed by atoms with E-state index in [1.165, 1.54) is 36.5 Å². The van der Waals surface area contributed by atoms with Crippen LogP contribution in [0.3, 0.4) is 0 Å². The van der Waals surface area contributed by atoms with Crippen molar-refractivity contribution in [3.8, 4) is 0 Å². The summed E-state index contributed by atoms with van der Waals surface area (Å²) in [4.78, 5) is 6.98. The summed E-state index contributed by atoms with van der Waals surface area (Å²) < 4.78 is 0. The number of nitrogens with zero attached hydrogens (tertiary/aromatic N) is 2. The standard InChI is InChI=1S/C12H15BrN2/c1-8-2-12(14-5-11(8)4-13)15-6-9-3-10(9)7-15/h2,5,9-10H,3-4,6-7H2,1H3. The van der Waals surface area contributed by atoms with E-state index in [-0.39, 0.29) is 0 Å². The fourth-order valence-electron chi connectivity index (χ4n) is 2.47. The van der Waals surface area contributed by atoms with Gasteiger partial charge in [-0.25, -0.2) is 4.98 Å². The first-order chi connectivity index (χ1) is 7.28. The number of hydrogen-bond acceptors (Lipinski definition) is 2. The molecule has 1 saturated carbocycles. The van der Waals surface area contributed by atoms with Crippen LogP contribution in [-0.4, -0.2) is 18.1 Å². The van der Waals surface area contributed by atoms with Crippen molar-refractivity contribution in [2.24, 2.45) is 11.8 Å². The zero-order valence-corrected chi connectivity index (χ0v) is 10.5. The van der Waals surface area contributed by atoms with E-state index in [9.17, 15) is 0 Å². The molecular weight excluding hydrogens is 252 g/mol. The Morgan fingerprint density at radius 2 is 2.20 bits per heavy atom. The number of hydrogen-bond donors (Lipinski definition) is 0. The van der Waals surface area contributed by atoms with Gasteiger partial charge in [0, 0.05) is 24.6 Å². The van der Waals surface area contributed by atoms with Crippen molar-refractivity contribution >= 4 is 21.7 Å².